The molecule has 1 unspecified atom stereocenters. The average Bonchev–Trinajstić information content (AvgIpc) is 2.45. The Morgan fingerprint density at radius 3 is 2.68 bits per heavy atom. The largest absolute Gasteiger partial charge is 0.385 e. The van der Waals surface area contributed by atoms with Crippen LogP contribution in [-0.2, 0) is 20.8 Å². The molecule has 0 bridgehead atoms. The second-order valence-corrected chi connectivity index (χ2v) is 4.61. The highest BCUT2D eigenvalue weighted by Gasteiger charge is 2.43. The normalized spacial score (nSPS) is 35.9. The van der Waals surface area contributed by atoms with Crippen molar-refractivity contribution in [2.75, 3.05) is 7.09 Å². The minimum absolute atomic E-state index is 0.313. The van der Waals surface area contributed by atoms with Gasteiger partial charge in [0.1, 0.15) is 18.3 Å². The molecule has 2 N–H and O–H groups in total. The first-order chi connectivity index (χ1) is 9.63. The van der Waals surface area contributed by atoms with E-state index in [1.807, 2.05) is 30.3 Å². The zero-order valence-corrected chi connectivity index (χ0v) is 10.8. The SMILES string of the molecule is [2H]CO[C@@H]1[C@@H](OCc2ccccc2)[C@H](C)OC(O)[C@@H]1O. The summed E-state index contributed by atoms with van der Waals surface area (Å²) in [5.41, 5.74) is 0.991. The van der Waals surface area contributed by atoms with E-state index in [0.717, 1.165) is 5.56 Å². The van der Waals surface area contributed by atoms with Crippen LogP contribution in [0.3, 0.4) is 0 Å². The molecule has 0 spiro atoms. The molecule has 1 heterocycles. The summed E-state index contributed by atoms with van der Waals surface area (Å²) in [6, 6.07) is 9.60. The standard InChI is InChI=1S/C14H20O5/c1-9-12(13(17-2)11(15)14(16)19-9)18-8-10-6-4-3-5-7-10/h3-7,9,11-16H,8H2,1-2H3/t9-,11+,12-,13-,14?/m0/s1/i2D. The Labute approximate surface area is 114 Å². The predicted molar refractivity (Wildman–Crippen MR) is 68.4 cm³/mol. The summed E-state index contributed by atoms with van der Waals surface area (Å²) in [6.45, 7) is 2.09. The lowest BCUT2D eigenvalue weighted by Gasteiger charge is -2.41. The zero-order chi connectivity index (χ0) is 14.5. The lowest BCUT2D eigenvalue weighted by molar-refractivity contribution is -0.291. The molecule has 1 aromatic carbocycles. The predicted octanol–water partition coefficient (Wildman–Crippen LogP) is 0.685. The quantitative estimate of drug-likeness (QED) is 0.841. The van der Waals surface area contributed by atoms with Gasteiger partial charge in [-0.1, -0.05) is 30.3 Å². The Balaban J connectivity index is 2.02. The van der Waals surface area contributed by atoms with Crippen LogP contribution < -0.4 is 0 Å². The van der Waals surface area contributed by atoms with E-state index in [-0.39, 0.29) is 7.09 Å². The lowest BCUT2D eigenvalue weighted by Crippen LogP contribution is -2.58. The van der Waals surface area contributed by atoms with Crippen LogP contribution in [0.4, 0.5) is 0 Å². The number of benzene rings is 1. The molecule has 5 atom stereocenters. The van der Waals surface area contributed by atoms with Crippen LogP contribution in [0.15, 0.2) is 30.3 Å². The average molecular weight is 269 g/mol. The van der Waals surface area contributed by atoms with Gasteiger partial charge in [-0.3, -0.25) is 0 Å². The summed E-state index contributed by atoms with van der Waals surface area (Å²) in [4.78, 5) is 0. The first-order valence-corrected chi connectivity index (χ1v) is 6.21. The van der Waals surface area contributed by atoms with Gasteiger partial charge < -0.3 is 24.4 Å². The van der Waals surface area contributed by atoms with Gasteiger partial charge in [-0.05, 0) is 12.5 Å². The van der Waals surface area contributed by atoms with E-state index in [1.165, 1.54) is 0 Å². The topological polar surface area (TPSA) is 68.2 Å². The molecule has 0 aromatic heterocycles. The fourth-order valence-corrected chi connectivity index (χ4v) is 2.19. The molecule has 1 aliphatic heterocycles. The minimum atomic E-state index is -1.32. The maximum atomic E-state index is 9.89. The van der Waals surface area contributed by atoms with Crippen molar-refractivity contribution >= 4 is 0 Å². The van der Waals surface area contributed by atoms with Crippen LogP contribution in [0.25, 0.3) is 0 Å². The smallest absolute Gasteiger partial charge is 0.183 e. The molecule has 1 aliphatic rings. The number of aliphatic hydroxyl groups excluding tert-OH is 2. The number of methoxy groups -OCH3 is 1. The Hall–Kier alpha value is -0.980. The third-order valence-electron chi connectivity index (χ3n) is 3.25. The summed E-state index contributed by atoms with van der Waals surface area (Å²) >= 11 is 0. The molecule has 2 rings (SSSR count). The van der Waals surface area contributed by atoms with Gasteiger partial charge in [0.25, 0.3) is 0 Å². The highest BCUT2D eigenvalue weighted by molar-refractivity contribution is 5.13. The molecular weight excluding hydrogens is 248 g/mol. The van der Waals surface area contributed by atoms with E-state index in [2.05, 4.69) is 0 Å². The van der Waals surface area contributed by atoms with Crippen LogP contribution in [0, 0.1) is 0 Å². The first-order valence-electron chi connectivity index (χ1n) is 6.92. The Morgan fingerprint density at radius 2 is 2.00 bits per heavy atom. The lowest BCUT2D eigenvalue weighted by atomic mass is 9.99. The highest BCUT2D eigenvalue weighted by atomic mass is 16.7. The van der Waals surface area contributed by atoms with E-state index >= 15 is 0 Å². The molecule has 0 aliphatic carbocycles. The van der Waals surface area contributed by atoms with Crippen LogP contribution in [0.1, 0.15) is 13.9 Å². The van der Waals surface area contributed by atoms with Crippen molar-refractivity contribution in [3.8, 4) is 0 Å². The van der Waals surface area contributed by atoms with Crippen LogP contribution >= 0.6 is 0 Å². The summed E-state index contributed by atoms with van der Waals surface area (Å²) in [6.07, 6.45) is -4.31. The molecule has 1 aromatic rings. The van der Waals surface area contributed by atoms with Gasteiger partial charge in [0.15, 0.2) is 6.29 Å². The van der Waals surface area contributed by atoms with Crippen molar-refractivity contribution in [2.45, 2.75) is 44.2 Å². The van der Waals surface area contributed by atoms with E-state index in [0.29, 0.717) is 6.61 Å². The number of hydrogen-bond acceptors (Lipinski definition) is 5. The van der Waals surface area contributed by atoms with Crippen molar-refractivity contribution in [3.63, 3.8) is 0 Å². The molecule has 5 heteroatoms. The number of ether oxygens (including phenoxy) is 3. The fourth-order valence-electron chi connectivity index (χ4n) is 2.19. The van der Waals surface area contributed by atoms with E-state index in [4.69, 9.17) is 15.6 Å². The third-order valence-corrected chi connectivity index (χ3v) is 3.25. The minimum Gasteiger partial charge on any atom is -0.385 e. The number of rotatable bonds is 4. The Bertz CT molecular complexity index is 402. The van der Waals surface area contributed by atoms with Gasteiger partial charge in [0.05, 0.1) is 14.1 Å². The van der Waals surface area contributed by atoms with Gasteiger partial charge in [0, 0.05) is 7.09 Å². The Morgan fingerprint density at radius 1 is 1.26 bits per heavy atom. The summed E-state index contributed by atoms with van der Waals surface area (Å²) in [5.74, 6) is 0. The Kier molecular flexibility index (Phi) is 4.42. The molecule has 106 valence electrons. The molecule has 0 amide bonds. The summed E-state index contributed by atoms with van der Waals surface area (Å²) in [7, 11) is -0.313. The first kappa shape index (κ1) is 13.0. The van der Waals surface area contributed by atoms with Crippen molar-refractivity contribution < 1.29 is 25.8 Å². The molecular formula is C14H20O5. The molecule has 1 saturated heterocycles. The second-order valence-electron chi connectivity index (χ2n) is 4.61. The molecule has 5 nitrogen and oxygen atoms in total. The van der Waals surface area contributed by atoms with E-state index in [1.54, 1.807) is 6.92 Å². The van der Waals surface area contributed by atoms with Crippen LogP contribution in [-0.4, -0.2) is 48.0 Å². The van der Waals surface area contributed by atoms with Gasteiger partial charge in [0.2, 0.25) is 0 Å². The van der Waals surface area contributed by atoms with Gasteiger partial charge in [-0.25, -0.2) is 0 Å². The van der Waals surface area contributed by atoms with Crippen LogP contribution in [0.5, 0.6) is 0 Å². The van der Waals surface area contributed by atoms with Crippen molar-refractivity contribution in [3.05, 3.63) is 35.9 Å². The second kappa shape index (κ2) is 6.45. The van der Waals surface area contributed by atoms with Crippen LogP contribution in [0.2, 0.25) is 0 Å². The fraction of sp³-hybridized carbons (Fsp3) is 0.571. The summed E-state index contributed by atoms with van der Waals surface area (Å²) in [5, 5.41) is 19.5. The molecule has 19 heavy (non-hydrogen) atoms. The van der Waals surface area contributed by atoms with Gasteiger partial charge in [-0.2, -0.15) is 0 Å². The van der Waals surface area contributed by atoms with E-state index in [9.17, 15) is 10.2 Å². The van der Waals surface area contributed by atoms with E-state index < -0.39 is 30.7 Å². The maximum absolute atomic E-state index is 9.89. The monoisotopic (exact) mass is 269 g/mol. The summed E-state index contributed by atoms with van der Waals surface area (Å²) < 4.78 is 23.3. The maximum Gasteiger partial charge on any atom is 0.183 e. The zero-order valence-electron chi connectivity index (χ0n) is 11.8. The van der Waals surface area contributed by atoms with Crippen molar-refractivity contribution in [1.82, 2.24) is 0 Å². The van der Waals surface area contributed by atoms with Gasteiger partial charge in [-0.15, -0.1) is 0 Å². The third kappa shape index (κ3) is 3.32. The molecule has 0 saturated carbocycles. The van der Waals surface area contributed by atoms with Crippen molar-refractivity contribution in [2.24, 2.45) is 0 Å². The van der Waals surface area contributed by atoms with Crippen molar-refractivity contribution in [1.29, 1.82) is 0 Å². The number of aliphatic hydroxyl groups is 2. The highest BCUT2D eigenvalue weighted by Crippen LogP contribution is 2.25. The molecule has 0 radical (unpaired) electrons. The molecule has 1 fully saturated rings. The van der Waals surface area contributed by atoms with Gasteiger partial charge >= 0.3 is 0 Å². The number of hydrogen-bond donors (Lipinski definition) is 2.